The molecule has 0 aliphatic carbocycles. The number of amides is 1. The minimum atomic E-state index is -0.323. The zero-order valence-corrected chi connectivity index (χ0v) is 9.47. The van der Waals surface area contributed by atoms with Crippen molar-refractivity contribution in [3.05, 3.63) is 29.6 Å². The van der Waals surface area contributed by atoms with Crippen molar-refractivity contribution in [3.8, 4) is 0 Å². The molecule has 1 saturated heterocycles. The second-order valence-corrected chi connectivity index (χ2v) is 4.07. The molecule has 1 amide bonds. The second-order valence-electron chi connectivity index (χ2n) is 4.07. The van der Waals surface area contributed by atoms with Gasteiger partial charge in [0.05, 0.1) is 12.3 Å². The van der Waals surface area contributed by atoms with Crippen molar-refractivity contribution in [2.75, 3.05) is 31.1 Å². The summed E-state index contributed by atoms with van der Waals surface area (Å²) in [4.78, 5) is 14.1. The average Bonchev–Trinajstić information content (AvgIpc) is 2.39. The number of rotatable bonds is 3. The van der Waals surface area contributed by atoms with Crippen LogP contribution in [-0.2, 0) is 11.4 Å². The van der Waals surface area contributed by atoms with Crippen LogP contribution in [0.3, 0.4) is 0 Å². The molecule has 1 aromatic carbocycles. The summed E-state index contributed by atoms with van der Waals surface area (Å²) in [5, 5.41) is 8.90. The lowest BCUT2D eigenvalue weighted by Gasteiger charge is -2.34. The molecule has 0 aromatic heterocycles. The number of hydrogen-bond donors (Lipinski definition) is 1. The first-order chi connectivity index (χ1) is 8.24. The second kappa shape index (κ2) is 5.14. The Hall–Kier alpha value is -1.62. The van der Waals surface area contributed by atoms with Crippen LogP contribution in [0.1, 0.15) is 5.56 Å². The third kappa shape index (κ3) is 2.55. The molecule has 4 nitrogen and oxygen atoms in total. The SMILES string of the molecule is O=CN1CCN(c2ccc(CO)cc2F)CC1. The number of benzene rings is 1. The van der Waals surface area contributed by atoms with Crippen LogP contribution >= 0.6 is 0 Å². The van der Waals surface area contributed by atoms with E-state index >= 15 is 0 Å². The maximum absolute atomic E-state index is 13.8. The predicted octanol–water partition coefficient (Wildman–Crippen LogP) is 0.596. The number of carbonyl (C=O) groups is 1. The maximum Gasteiger partial charge on any atom is 0.209 e. The number of nitrogens with zero attached hydrogens (tertiary/aromatic N) is 2. The summed E-state index contributed by atoms with van der Waals surface area (Å²) in [6.07, 6.45) is 0.822. The molecule has 0 spiro atoms. The minimum Gasteiger partial charge on any atom is -0.392 e. The van der Waals surface area contributed by atoms with E-state index in [9.17, 15) is 9.18 Å². The summed E-state index contributed by atoms with van der Waals surface area (Å²) in [6.45, 7) is 2.34. The number of anilines is 1. The molecule has 1 heterocycles. The fourth-order valence-corrected chi connectivity index (χ4v) is 1.97. The summed E-state index contributed by atoms with van der Waals surface area (Å²) >= 11 is 0. The fraction of sp³-hybridized carbons (Fsp3) is 0.417. The van der Waals surface area contributed by atoms with E-state index < -0.39 is 0 Å². The van der Waals surface area contributed by atoms with E-state index in [2.05, 4.69) is 0 Å². The van der Waals surface area contributed by atoms with Crippen LogP contribution < -0.4 is 4.90 Å². The largest absolute Gasteiger partial charge is 0.392 e. The van der Waals surface area contributed by atoms with Gasteiger partial charge in [-0.3, -0.25) is 4.79 Å². The van der Waals surface area contributed by atoms with Gasteiger partial charge in [0.25, 0.3) is 0 Å². The van der Waals surface area contributed by atoms with Crippen LogP contribution in [0.25, 0.3) is 0 Å². The van der Waals surface area contributed by atoms with Crippen molar-refractivity contribution in [2.24, 2.45) is 0 Å². The van der Waals surface area contributed by atoms with Crippen LogP contribution in [0.15, 0.2) is 18.2 Å². The molecule has 0 radical (unpaired) electrons. The highest BCUT2D eigenvalue weighted by Crippen LogP contribution is 2.21. The Morgan fingerprint density at radius 1 is 1.29 bits per heavy atom. The lowest BCUT2D eigenvalue weighted by atomic mass is 10.2. The molecule has 1 aromatic rings. The Morgan fingerprint density at radius 2 is 2.00 bits per heavy atom. The monoisotopic (exact) mass is 238 g/mol. The van der Waals surface area contributed by atoms with Crippen LogP contribution in [0, 0.1) is 5.82 Å². The van der Waals surface area contributed by atoms with Gasteiger partial charge in [-0.15, -0.1) is 0 Å². The molecule has 0 unspecified atom stereocenters. The number of piperazine rings is 1. The standard InChI is InChI=1S/C12H15FN2O2/c13-11-7-10(8-16)1-2-12(11)15-5-3-14(9-17)4-6-15/h1-2,7,9,16H,3-6,8H2. The highest BCUT2D eigenvalue weighted by Gasteiger charge is 2.18. The zero-order chi connectivity index (χ0) is 12.3. The van der Waals surface area contributed by atoms with Gasteiger partial charge in [0.1, 0.15) is 5.82 Å². The minimum absolute atomic E-state index is 0.157. The fourth-order valence-electron chi connectivity index (χ4n) is 1.97. The molecular formula is C12H15FN2O2. The maximum atomic E-state index is 13.8. The first-order valence-corrected chi connectivity index (χ1v) is 5.58. The average molecular weight is 238 g/mol. The first kappa shape index (κ1) is 11.9. The summed E-state index contributed by atoms with van der Waals surface area (Å²) < 4.78 is 13.8. The van der Waals surface area contributed by atoms with E-state index in [4.69, 9.17) is 5.11 Å². The smallest absolute Gasteiger partial charge is 0.209 e. The van der Waals surface area contributed by atoms with Crippen molar-refractivity contribution in [2.45, 2.75) is 6.61 Å². The Kier molecular flexibility index (Phi) is 3.58. The Bertz CT molecular complexity index is 403. The van der Waals surface area contributed by atoms with Crippen LogP contribution in [0.5, 0.6) is 0 Å². The highest BCUT2D eigenvalue weighted by atomic mass is 19.1. The van der Waals surface area contributed by atoms with Crippen molar-refractivity contribution in [1.82, 2.24) is 4.90 Å². The van der Waals surface area contributed by atoms with Gasteiger partial charge in [0.2, 0.25) is 6.41 Å². The number of carbonyl (C=O) groups excluding carboxylic acids is 1. The highest BCUT2D eigenvalue weighted by molar-refractivity contribution is 5.52. The molecule has 2 rings (SSSR count). The number of aliphatic hydroxyl groups is 1. The number of aliphatic hydroxyl groups excluding tert-OH is 1. The summed E-state index contributed by atoms with van der Waals surface area (Å²) in [6, 6.07) is 4.74. The van der Waals surface area contributed by atoms with Gasteiger partial charge < -0.3 is 14.9 Å². The van der Waals surface area contributed by atoms with E-state index in [1.165, 1.54) is 6.07 Å². The normalized spacial score (nSPS) is 16.1. The molecule has 5 heteroatoms. The number of halogens is 1. The first-order valence-electron chi connectivity index (χ1n) is 5.58. The molecule has 17 heavy (non-hydrogen) atoms. The molecule has 1 aliphatic heterocycles. The number of hydrogen-bond acceptors (Lipinski definition) is 3. The van der Waals surface area contributed by atoms with Gasteiger partial charge in [-0.2, -0.15) is 0 Å². The van der Waals surface area contributed by atoms with E-state index in [-0.39, 0.29) is 12.4 Å². The van der Waals surface area contributed by atoms with E-state index in [1.54, 1.807) is 17.0 Å². The third-order valence-corrected chi connectivity index (χ3v) is 3.00. The third-order valence-electron chi connectivity index (χ3n) is 3.00. The summed E-state index contributed by atoms with van der Waals surface area (Å²) in [5.74, 6) is -0.323. The quantitative estimate of drug-likeness (QED) is 0.784. The van der Waals surface area contributed by atoms with Gasteiger partial charge in [0.15, 0.2) is 0 Å². The van der Waals surface area contributed by atoms with Crippen LogP contribution in [0.4, 0.5) is 10.1 Å². The molecule has 0 bridgehead atoms. The predicted molar refractivity (Wildman–Crippen MR) is 62.2 cm³/mol. The van der Waals surface area contributed by atoms with Crippen molar-refractivity contribution in [3.63, 3.8) is 0 Å². The molecule has 0 atom stereocenters. The van der Waals surface area contributed by atoms with E-state index in [0.717, 1.165) is 6.41 Å². The molecule has 0 saturated carbocycles. The summed E-state index contributed by atoms with van der Waals surface area (Å²) in [7, 11) is 0. The molecular weight excluding hydrogens is 223 g/mol. The van der Waals surface area contributed by atoms with Crippen LogP contribution in [0.2, 0.25) is 0 Å². The van der Waals surface area contributed by atoms with Crippen molar-refractivity contribution >= 4 is 12.1 Å². The van der Waals surface area contributed by atoms with Gasteiger partial charge in [0, 0.05) is 26.2 Å². The van der Waals surface area contributed by atoms with Gasteiger partial charge in [-0.05, 0) is 17.7 Å². The van der Waals surface area contributed by atoms with E-state index in [1.807, 2.05) is 4.90 Å². The summed E-state index contributed by atoms with van der Waals surface area (Å²) in [5.41, 5.74) is 1.10. The molecule has 1 aliphatic rings. The van der Waals surface area contributed by atoms with Gasteiger partial charge >= 0.3 is 0 Å². The lowest BCUT2D eigenvalue weighted by molar-refractivity contribution is -0.118. The van der Waals surface area contributed by atoms with E-state index in [0.29, 0.717) is 37.4 Å². The Balaban J connectivity index is 2.10. The molecule has 1 N–H and O–H groups in total. The zero-order valence-electron chi connectivity index (χ0n) is 9.47. The van der Waals surface area contributed by atoms with Crippen LogP contribution in [-0.4, -0.2) is 42.6 Å². The van der Waals surface area contributed by atoms with Gasteiger partial charge in [-0.25, -0.2) is 4.39 Å². The topological polar surface area (TPSA) is 43.8 Å². The Labute approximate surface area is 99.3 Å². The molecule has 1 fully saturated rings. The van der Waals surface area contributed by atoms with Crippen molar-refractivity contribution < 1.29 is 14.3 Å². The molecule has 92 valence electrons. The lowest BCUT2D eigenvalue weighted by Crippen LogP contribution is -2.46. The van der Waals surface area contributed by atoms with Crippen molar-refractivity contribution in [1.29, 1.82) is 0 Å². The Morgan fingerprint density at radius 3 is 2.53 bits per heavy atom. The van der Waals surface area contributed by atoms with Gasteiger partial charge in [-0.1, -0.05) is 6.07 Å².